The van der Waals surface area contributed by atoms with Crippen LogP contribution in [0.2, 0.25) is 0 Å². The van der Waals surface area contributed by atoms with Crippen LogP contribution >= 0.6 is 0 Å². The Morgan fingerprint density at radius 3 is 2.29 bits per heavy atom. The van der Waals surface area contributed by atoms with Crippen molar-refractivity contribution in [1.29, 1.82) is 0 Å². The van der Waals surface area contributed by atoms with Gasteiger partial charge in [0.25, 0.3) is 5.56 Å². The number of nitrogens with one attached hydrogen (secondary N) is 1. The molecular weight excluding hydrogens is 268 g/mol. The predicted molar refractivity (Wildman–Crippen MR) is 85.4 cm³/mol. The average Bonchev–Trinajstić information content (AvgIpc) is 2.65. The molecule has 0 bridgehead atoms. The Labute approximate surface area is 125 Å². The summed E-state index contributed by atoms with van der Waals surface area (Å²) in [6.07, 6.45) is 1.01. The van der Waals surface area contributed by atoms with E-state index in [9.17, 15) is 9.59 Å². The Hall–Kier alpha value is -1.56. The predicted octanol–water partition coefficient (Wildman–Crippen LogP) is 0.972. The molecule has 2 rings (SSSR count). The van der Waals surface area contributed by atoms with Gasteiger partial charge in [-0.2, -0.15) is 0 Å². The van der Waals surface area contributed by atoms with Crippen LogP contribution in [0.1, 0.15) is 46.2 Å². The normalized spacial score (nSPS) is 16.6. The van der Waals surface area contributed by atoms with Crippen molar-refractivity contribution in [3.63, 3.8) is 0 Å². The van der Waals surface area contributed by atoms with Crippen LogP contribution in [-0.4, -0.2) is 35.3 Å². The Morgan fingerprint density at radius 2 is 1.67 bits per heavy atom. The van der Waals surface area contributed by atoms with Gasteiger partial charge in [0.1, 0.15) is 5.82 Å². The van der Waals surface area contributed by atoms with E-state index in [-0.39, 0.29) is 23.3 Å². The molecule has 0 atom stereocenters. The number of rotatable bonds is 3. The monoisotopic (exact) mass is 294 g/mol. The number of hydrogen-bond acceptors (Lipinski definition) is 4. The molecule has 1 aromatic rings. The first-order valence-electron chi connectivity index (χ1n) is 7.77. The summed E-state index contributed by atoms with van der Waals surface area (Å²) < 4.78 is 3.08. The third-order valence-corrected chi connectivity index (χ3v) is 3.85. The molecule has 1 aromatic heterocycles. The highest BCUT2D eigenvalue weighted by Gasteiger charge is 2.20. The smallest absolute Gasteiger partial charge is 0.333 e. The molecule has 0 unspecified atom stereocenters. The lowest BCUT2D eigenvalue weighted by Crippen LogP contribution is -2.44. The van der Waals surface area contributed by atoms with Crippen LogP contribution in [0.4, 0.5) is 5.82 Å². The molecule has 1 saturated heterocycles. The zero-order valence-electron chi connectivity index (χ0n) is 13.4. The van der Waals surface area contributed by atoms with E-state index in [0.717, 1.165) is 38.4 Å². The van der Waals surface area contributed by atoms with Crippen molar-refractivity contribution in [2.24, 2.45) is 0 Å². The standard InChI is InChI=1S/C15H26N4O2/c1-11(2)18-13(17-8-5-6-16-7-9-17)10-14(20)19(12(3)4)15(18)21/h10-12,16H,5-9H2,1-4H3. The minimum absolute atomic E-state index is 0.0225. The summed E-state index contributed by atoms with van der Waals surface area (Å²) in [5.74, 6) is 0.751. The van der Waals surface area contributed by atoms with E-state index in [0.29, 0.717) is 0 Å². The SMILES string of the molecule is CC(C)n1c(N2CCCNCC2)cc(=O)n(C(C)C)c1=O. The van der Waals surface area contributed by atoms with Crippen molar-refractivity contribution in [2.75, 3.05) is 31.1 Å². The summed E-state index contributed by atoms with van der Waals surface area (Å²) in [6.45, 7) is 11.2. The van der Waals surface area contributed by atoms with E-state index < -0.39 is 0 Å². The Morgan fingerprint density at radius 1 is 1.00 bits per heavy atom. The minimum Gasteiger partial charge on any atom is -0.356 e. The summed E-state index contributed by atoms with van der Waals surface area (Å²) >= 11 is 0. The molecule has 1 fully saturated rings. The summed E-state index contributed by atoms with van der Waals surface area (Å²) in [5, 5.41) is 3.34. The molecule has 1 aliphatic heterocycles. The van der Waals surface area contributed by atoms with Crippen LogP contribution in [-0.2, 0) is 0 Å². The van der Waals surface area contributed by atoms with Crippen LogP contribution in [0.15, 0.2) is 15.7 Å². The quantitative estimate of drug-likeness (QED) is 0.902. The number of anilines is 1. The summed E-state index contributed by atoms with van der Waals surface area (Å²) in [6, 6.07) is 1.51. The lowest BCUT2D eigenvalue weighted by Gasteiger charge is -2.28. The second kappa shape index (κ2) is 6.47. The maximum absolute atomic E-state index is 12.7. The van der Waals surface area contributed by atoms with Gasteiger partial charge in [-0.1, -0.05) is 0 Å². The third-order valence-electron chi connectivity index (χ3n) is 3.85. The summed E-state index contributed by atoms with van der Waals surface area (Å²) in [5.41, 5.74) is -0.418. The first-order chi connectivity index (χ1) is 9.93. The zero-order valence-corrected chi connectivity index (χ0v) is 13.4. The molecule has 0 amide bonds. The van der Waals surface area contributed by atoms with Crippen molar-refractivity contribution in [3.8, 4) is 0 Å². The van der Waals surface area contributed by atoms with Crippen molar-refractivity contribution in [3.05, 3.63) is 26.9 Å². The lowest BCUT2D eigenvalue weighted by molar-refractivity contribution is 0.470. The molecule has 0 radical (unpaired) electrons. The first kappa shape index (κ1) is 15.8. The highest BCUT2D eigenvalue weighted by molar-refractivity contribution is 5.39. The molecule has 1 aliphatic rings. The fourth-order valence-corrected chi connectivity index (χ4v) is 2.84. The largest absolute Gasteiger partial charge is 0.356 e. The van der Waals surface area contributed by atoms with Crippen molar-refractivity contribution < 1.29 is 0 Å². The fraction of sp³-hybridized carbons (Fsp3) is 0.733. The minimum atomic E-state index is -0.209. The van der Waals surface area contributed by atoms with E-state index in [4.69, 9.17) is 0 Å². The summed E-state index contributed by atoms with van der Waals surface area (Å²) in [7, 11) is 0. The third kappa shape index (κ3) is 3.20. The van der Waals surface area contributed by atoms with Gasteiger partial charge in [0.15, 0.2) is 0 Å². The Balaban J connectivity index is 2.60. The molecule has 0 saturated carbocycles. The zero-order chi connectivity index (χ0) is 15.6. The molecule has 2 heterocycles. The second-order valence-corrected chi connectivity index (χ2v) is 6.14. The fourth-order valence-electron chi connectivity index (χ4n) is 2.84. The second-order valence-electron chi connectivity index (χ2n) is 6.14. The van der Waals surface area contributed by atoms with E-state index in [1.165, 1.54) is 4.57 Å². The first-order valence-corrected chi connectivity index (χ1v) is 7.77. The number of aromatic nitrogens is 2. The molecule has 6 heteroatoms. The molecule has 118 valence electrons. The molecule has 0 aliphatic carbocycles. The summed E-state index contributed by atoms with van der Waals surface area (Å²) in [4.78, 5) is 27.2. The van der Waals surface area contributed by atoms with Crippen LogP contribution in [0.3, 0.4) is 0 Å². The van der Waals surface area contributed by atoms with E-state index in [2.05, 4.69) is 10.2 Å². The van der Waals surface area contributed by atoms with Crippen molar-refractivity contribution >= 4 is 5.82 Å². The number of hydrogen-bond donors (Lipinski definition) is 1. The maximum Gasteiger partial charge on any atom is 0.333 e. The van der Waals surface area contributed by atoms with Gasteiger partial charge in [-0.25, -0.2) is 4.79 Å². The average molecular weight is 294 g/mol. The molecule has 21 heavy (non-hydrogen) atoms. The van der Waals surface area contributed by atoms with Gasteiger partial charge in [-0.15, -0.1) is 0 Å². The van der Waals surface area contributed by atoms with Gasteiger partial charge in [0.2, 0.25) is 0 Å². The van der Waals surface area contributed by atoms with Crippen molar-refractivity contribution in [2.45, 2.75) is 46.2 Å². The van der Waals surface area contributed by atoms with Crippen LogP contribution in [0.5, 0.6) is 0 Å². The number of nitrogens with zero attached hydrogens (tertiary/aromatic N) is 3. The highest BCUT2D eigenvalue weighted by atomic mass is 16.2. The van der Waals surface area contributed by atoms with Crippen LogP contribution in [0.25, 0.3) is 0 Å². The van der Waals surface area contributed by atoms with Gasteiger partial charge in [0, 0.05) is 37.8 Å². The Bertz CT molecular complexity index is 593. The van der Waals surface area contributed by atoms with E-state index in [1.54, 1.807) is 10.6 Å². The van der Waals surface area contributed by atoms with Crippen LogP contribution < -0.4 is 21.5 Å². The van der Waals surface area contributed by atoms with Crippen molar-refractivity contribution in [1.82, 2.24) is 14.5 Å². The van der Waals surface area contributed by atoms with Crippen LogP contribution in [0, 0.1) is 0 Å². The molecule has 0 spiro atoms. The maximum atomic E-state index is 12.7. The Kier molecular flexibility index (Phi) is 4.88. The van der Waals surface area contributed by atoms with E-state index in [1.807, 2.05) is 27.7 Å². The van der Waals surface area contributed by atoms with Gasteiger partial charge in [-0.3, -0.25) is 13.9 Å². The molecular formula is C15H26N4O2. The van der Waals surface area contributed by atoms with Gasteiger partial charge in [-0.05, 0) is 40.7 Å². The van der Waals surface area contributed by atoms with Gasteiger partial charge < -0.3 is 10.2 Å². The topological polar surface area (TPSA) is 59.3 Å². The van der Waals surface area contributed by atoms with Gasteiger partial charge >= 0.3 is 5.69 Å². The van der Waals surface area contributed by atoms with E-state index >= 15 is 0 Å². The lowest BCUT2D eigenvalue weighted by atomic mass is 10.3. The highest BCUT2D eigenvalue weighted by Crippen LogP contribution is 2.16. The molecule has 0 aromatic carbocycles. The van der Waals surface area contributed by atoms with Gasteiger partial charge in [0.05, 0.1) is 0 Å². The molecule has 6 nitrogen and oxygen atoms in total. The molecule has 1 N–H and O–H groups in total.